The zero-order valence-corrected chi connectivity index (χ0v) is 18.0. The van der Waals surface area contributed by atoms with Gasteiger partial charge in [0, 0.05) is 18.7 Å². The Bertz CT molecular complexity index is 986. The number of carbonyl (C=O) groups is 1. The molecule has 0 aliphatic rings. The maximum absolute atomic E-state index is 12.6. The monoisotopic (exact) mass is 410 g/mol. The van der Waals surface area contributed by atoms with Gasteiger partial charge in [0.05, 0.1) is 12.4 Å². The van der Waals surface area contributed by atoms with E-state index in [2.05, 4.69) is 41.5 Å². The topological polar surface area (TPSA) is 69.0 Å². The smallest absolute Gasteiger partial charge is 0.233 e. The van der Waals surface area contributed by atoms with Crippen molar-refractivity contribution in [3.05, 3.63) is 59.7 Å². The number of carbonyl (C=O) groups excluding carboxylic acids is 1. The number of amides is 1. The van der Waals surface area contributed by atoms with Gasteiger partial charge in [-0.2, -0.15) is 0 Å². The molecule has 6 nitrogen and oxygen atoms in total. The van der Waals surface area contributed by atoms with Gasteiger partial charge in [-0.25, -0.2) is 0 Å². The van der Waals surface area contributed by atoms with Gasteiger partial charge >= 0.3 is 0 Å². The van der Waals surface area contributed by atoms with Crippen LogP contribution < -0.4 is 10.1 Å². The number of aromatic nitrogens is 3. The largest absolute Gasteiger partial charge is 0.497 e. The summed E-state index contributed by atoms with van der Waals surface area (Å²) in [4.78, 5) is 12.6. The lowest BCUT2D eigenvalue weighted by atomic mass is 10.1. The highest BCUT2D eigenvalue weighted by Crippen LogP contribution is 2.27. The van der Waals surface area contributed by atoms with Crippen LogP contribution in [0.3, 0.4) is 0 Å². The van der Waals surface area contributed by atoms with E-state index in [1.807, 2.05) is 47.9 Å². The van der Waals surface area contributed by atoms with Crippen molar-refractivity contribution in [2.24, 2.45) is 0 Å². The van der Waals surface area contributed by atoms with Gasteiger partial charge in [-0.3, -0.25) is 4.79 Å². The van der Waals surface area contributed by atoms with Gasteiger partial charge in [0.25, 0.3) is 0 Å². The highest BCUT2D eigenvalue weighted by molar-refractivity contribution is 8.00. The molecule has 0 spiro atoms. The van der Waals surface area contributed by atoms with Crippen LogP contribution in [-0.4, -0.2) is 33.0 Å². The van der Waals surface area contributed by atoms with Crippen molar-refractivity contribution in [3.63, 3.8) is 0 Å². The highest BCUT2D eigenvalue weighted by Gasteiger charge is 2.20. The minimum atomic E-state index is -0.291. The van der Waals surface area contributed by atoms with Crippen LogP contribution >= 0.6 is 11.8 Å². The molecule has 0 aliphatic heterocycles. The molecule has 1 atom stereocenters. The molecule has 2 aromatic carbocycles. The van der Waals surface area contributed by atoms with Crippen molar-refractivity contribution < 1.29 is 9.53 Å². The predicted octanol–water partition coefficient (Wildman–Crippen LogP) is 4.08. The van der Waals surface area contributed by atoms with Gasteiger partial charge in [0.2, 0.25) is 5.91 Å². The molecule has 0 bridgehead atoms. The van der Waals surface area contributed by atoms with Crippen molar-refractivity contribution in [3.8, 4) is 17.1 Å². The van der Waals surface area contributed by atoms with E-state index < -0.39 is 0 Å². The molecule has 1 unspecified atom stereocenters. The molecule has 29 heavy (non-hydrogen) atoms. The van der Waals surface area contributed by atoms with Crippen LogP contribution in [0.25, 0.3) is 11.4 Å². The van der Waals surface area contributed by atoms with Crippen molar-refractivity contribution in [2.75, 3.05) is 7.11 Å². The number of nitrogens with one attached hydrogen (secondary N) is 1. The lowest BCUT2D eigenvalue weighted by molar-refractivity contribution is -0.120. The summed E-state index contributed by atoms with van der Waals surface area (Å²) in [7, 11) is 1.63. The first kappa shape index (κ1) is 20.9. The fraction of sp³-hybridized carbons (Fsp3) is 0.318. The number of aryl methyl sites for hydroxylation is 1. The Morgan fingerprint density at radius 1 is 1.21 bits per heavy atom. The quantitative estimate of drug-likeness (QED) is 0.567. The average Bonchev–Trinajstić information content (AvgIpc) is 3.14. The minimum Gasteiger partial charge on any atom is -0.497 e. The van der Waals surface area contributed by atoms with E-state index in [0.29, 0.717) is 6.54 Å². The van der Waals surface area contributed by atoms with Crippen LogP contribution in [0.2, 0.25) is 0 Å². The summed E-state index contributed by atoms with van der Waals surface area (Å²) < 4.78 is 7.27. The highest BCUT2D eigenvalue weighted by atomic mass is 32.2. The Kier molecular flexibility index (Phi) is 6.93. The number of hydrogen-bond donors (Lipinski definition) is 1. The van der Waals surface area contributed by atoms with Gasteiger partial charge in [-0.15, -0.1) is 10.2 Å². The van der Waals surface area contributed by atoms with Gasteiger partial charge in [-0.1, -0.05) is 47.7 Å². The SMILES string of the molecule is CCn1c(SC(C)C(=O)NCc2cccc(OC)c2)nnc1-c1cccc(C)c1. The normalized spacial score (nSPS) is 11.9. The zero-order chi connectivity index (χ0) is 20.8. The fourth-order valence-corrected chi connectivity index (χ4v) is 3.92. The molecule has 0 fully saturated rings. The molecule has 1 aromatic heterocycles. The lowest BCUT2D eigenvalue weighted by Gasteiger charge is -2.13. The third-order valence-electron chi connectivity index (χ3n) is 4.56. The second-order valence-electron chi connectivity index (χ2n) is 6.75. The molecule has 0 saturated heterocycles. The molecule has 7 heteroatoms. The van der Waals surface area contributed by atoms with Gasteiger partial charge in [0.1, 0.15) is 5.75 Å². The molecule has 0 saturated carbocycles. The Morgan fingerprint density at radius 3 is 2.72 bits per heavy atom. The van der Waals surface area contributed by atoms with Crippen LogP contribution in [0.4, 0.5) is 0 Å². The summed E-state index contributed by atoms with van der Waals surface area (Å²) >= 11 is 1.42. The first-order chi connectivity index (χ1) is 14.0. The van der Waals surface area contributed by atoms with Crippen LogP contribution in [-0.2, 0) is 17.9 Å². The molecule has 1 amide bonds. The Labute approximate surface area is 175 Å². The van der Waals surface area contributed by atoms with Gasteiger partial charge in [0.15, 0.2) is 11.0 Å². The van der Waals surface area contributed by atoms with Crippen LogP contribution in [0, 0.1) is 6.92 Å². The second-order valence-corrected chi connectivity index (χ2v) is 8.06. The van der Waals surface area contributed by atoms with E-state index in [0.717, 1.165) is 34.4 Å². The Hall–Kier alpha value is -2.80. The van der Waals surface area contributed by atoms with E-state index in [-0.39, 0.29) is 11.2 Å². The number of hydrogen-bond acceptors (Lipinski definition) is 5. The minimum absolute atomic E-state index is 0.0411. The van der Waals surface area contributed by atoms with Gasteiger partial charge in [-0.05, 0) is 44.5 Å². The number of thioether (sulfide) groups is 1. The first-order valence-corrected chi connectivity index (χ1v) is 10.5. The molecule has 1 N–H and O–H groups in total. The van der Waals surface area contributed by atoms with E-state index in [4.69, 9.17) is 4.74 Å². The summed E-state index contributed by atoms with van der Waals surface area (Å²) in [5, 5.41) is 12.1. The third kappa shape index (κ3) is 5.17. The predicted molar refractivity (Wildman–Crippen MR) is 116 cm³/mol. The number of benzene rings is 2. The lowest BCUT2D eigenvalue weighted by Crippen LogP contribution is -2.30. The van der Waals surface area contributed by atoms with E-state index in [1.54, 1.807) is 7.11 Å². The summed E-state index contributed by atoms with van der Waals surface area (Å²) in [6.45, 7) is 7.18. The molecule has 3 rings (SSSR count). The standard InChI is InChI=1S/C22H26N4O2S/c1-5-26-20(18-10-6-8-15(2)12-18)24-25-22(26)29-16(3)21(27)23-14-17-9-7-11-19(13-17)28-4/h6-13,16H,5,14H2,1-4H3,(H,23,27). The van der Waals surface area contributed by atoms with E-state index in [1.165, 1.54) is 17.3 Å². The van der Waals surface area contributed by atoms with Crippen molar-refractivity contribution in [1.29, 1.82) is 0 Å². The van der Waals surface area contributed by atoms with Crippen molar-refractivity contribution in [2.45, 2.75) is 44.3 Å². The second kappa shape index (κ2) is 9.60. The Morgan fingerprint density at radius 2 is 2.00 bits per heavy atom. The molecule has 1 heterocycles. The van der Waals surface area contributed by atoms with Crippen LogP contribution in [0.5, 0.6) is 5.75 Å². The maximum atomic E-state index is 12.6. The molecule has 152 valence electrons. The molecular weight excluding hydrogens is 384 g/mol. The maximum Gasteiger partial charge on any atom is 0.233 e. The third-order valence-corrected chi connectivity index (χ3v) is 5.64. The molecule has 0 aliphatic carbocycles. The number of ether oxygens (including phenoxy) is 1. The van der Waals surface area contributed by atoms with E-state index >= 15 is 0 Å². The molecular formula is C22H26N4O2S. The van der Waals surface area contributed by atoms with E-state index in [9.17, 15) is 4.79 Å². The number of methoxy groups -OCH3 is 1. The first-order valence-electron chi connectivity index (χ1n) is 9.59. The summed E-state index contributed by atoms with van der Waals surface area (Å²) in [5.41, 5.74) is 3.20. The van der Waals surface area contributed by atoms with Crippen molar-refractivity contribution >= 4 is 17.7 Å². The Balaban J connectivity index is 1.66. The summed E-state index contributed by atoms with van der Waals surface area (Å²) in [5.74, 6) is 1.56. The van der Waals surface area contributed by atoms with Crippen LogP contribution in [0.15, 0.2) is 53.7 Å². The van der Waals surface area contributed by atoms with Crippen LogP contribution in [0.1, 0.15) is 25.0 Å². The molecule has 3 aromatic rings. The van der Waals surface area contributed by atoms with Gasteiger partial charge < -0.3 is 14.6 Å². The zero-order valence-electron chi connectivity index (χ0n) is 17.2. The fourth-order valence-electron chi connectivity index (χ4n) is 2.99. The molecule has 0 radical (unpaired) electrons. The number of nitrogens with zero attached hydrogens (tertiary/aromatic N) is 3. The number of rotatable bonds is 8. The van der Waals surface area contributed by atoms with Crippen molar-refractivity contribution in [1.82, 2.24) is 20.1 Å². The average molecular weight is 411 g/mol. The summed E-state index contributed by atoms with van der Waals surface area (Å²) in [6, 6.07) is 15.9. The summed E-state index contributed by atoms with van der Waals surface area (Å²) in [6.07, 6.45) is 0.